The molecule has 0 unspecified atom stereocenters. The van der Waals surface area contributed by atoms with Crippen molar-refractivity contribution in [2.75, 3.05) is 37.3 Å². The van der Waals surface area contributed by atoms with Crippen LogP contribution in [0.5, 0.6) is 0 Å². The summed E-state index contributed by atoms with van der Waals surface area (Å²) >= 11 is 0. The second-order valence-electron chi connectivity index (χ2n) is 3.64. The van der Waals surface area contributed by atoms with Crippen molar-refractivity contribution in [1.29, 1.82) is 0 Å². The number of anilines is 2. The Bertz CT molecular complexity index is 424. The number of carbonyl (C=O) groups excluding carboxylic acids is 1. The number of piperazine rings is 1. The highest BCUT2D eigenvalue weighted by Crippen LogP contribution is 2.17. The van der Waals surface area contributed by atoms with Crippen LogP contribution in [0.1, 0.15) is 0 Å². The van der Waals surface area contributed by atoms with Gasteiger partial charge in [-0.15, -0.1) is 0 Å². The van der Waals surface area contributed by atoms with Crippen LogP contribution in [-0.4, -0.2) is 47.5 Å². The molecule has 86 valence electrons. The maximum atomic E-state index is 13.4. The second kappa shape index (κ2) is 3.92. The Labute approximate surface area is 91.9 Å². The lowest BCUT2D eigenvalue weighted by atomic mass is 10.3. The Morgan fingerprint density at radius 3 is 2.94 bits per heavy atom. The standard InChI is InChI=1S/C9H12FN5O/c1-14-2-3-15(5-7(14)16)8-6(10)4-12-9(11)13-8/h4H,2-3,5H2,1H3,(H2,11,12,13). The van der Waals surface area contributed by atoms with Gasteiger partial charge in [0, 0.05) is 20.1 Å². The number of nitrogens with zero attached hydrogens (tertiary/aromatic N) is 4. The molecule has 0 aliphatic carbocycles. The van der Waals surface area contributed by atoms with Gasteiger partial charge in [0.1, 0.15) is 0 Å². The van der Waals surface area contributed by atoms with Crippen molar-refractivity contribution in [3.8, 4) is 0 Å². The minimum atomic E-state index is -0.563. The molecule has 0 aromatic carbocycles. The molecular formula is C9H12FN5O. The Kier molecular flexibility index (Phi) is 2.59. The summed E-state index contributed by atoms with van der Waals surface area (Å²) in [5.41, 5.74) is 5.39. The van der Waals surface area contributed by atoms with Gasteiger partial charge >= 0.3 is 0 Å². The van der Waals surface area contributed by atoms with E-state index in [4.69, 9.17) is 5.73 Å². The van der Waals surface area contributed by atoms with Gasteiger partial charge in [-0.25, -0.2) is 9.37 Å². The lowest BCUT2D eigenvalue weighted by Crippen LogP contribution is -2.49. The van der Waals surface area contributed by atoms with Crippen molar-refractivity contribution >= 4 is 17.7 Å². The molecule has 1 aliphatic heterocycles. The Balaban J connectivity index is 2.24. The zero-order valence-electron chi connectivity index (χ0n) is 8.85. The molecule has 0 saturated carbocycles. The number of rotatable bonds is 1. The third-order valence-corrected chi connectivity index (χ3v) is 2.50. The van der Waals surface area contributed by atoms with Gasteiger partial charge in [0.05, 0.1) is 12.7 Å². The molecule has 2 heterocycles. The number of hydrogen-bond acceptors (Lipinski definition) is 5. The molecule has 2 rings (SSSR count). The second-order valence-corrected chi connectivity index (χ2v) is 3.64. The van der Waals surface area contributed by atoms with Crippen molar-refractivity contribution in [2.45, 2.75) is 0 Å². The molecule has 6 nitrogen and oxygen atoms in total. The van der Waals surface area contributed by atoms with E-state index in [2.05, 4.69) is 9.97 Å². The van der Waals surface area contributed by atoms with Crippen LogP contribution in [-0.2, 0) is 4.79 Å². The first kappa shape index (κ1) is 10.6. The summed E-state index contributed by atoms with van der Waals surface area (Å²) < 4.78 is 13.4. The number of halogens is 1. The first-order valence-electron chi connectivity index (χ1n) is 4.85. The number of amides is 1. The molecule has 1 aliphatic rings. The minimum Gasteiger partial charge on any atom is -0.368 e. The summed E-state index contributed by atoms with van der Waals surface area (Å²) in [6, 6.07) is 0. The molecule has 0 bridgehead atoms. The number of carbonyl (C=O) groups is 1. The molecule has 0 spiro atoms. The maximum Gasteiger partial charge on any atom is 0.241 e. The van der Waals surface area contributed by atoms with Gasteiger partial charge in [-0.05, 0) is 0 Å². The first-order chi connectivity index (χ1) is 7.58. The number of hydrogen-bond donors (Lipinski definition) is 1. The van der Waals surface area contributed by atoms with E-state index in [1.807, 2.05) is 0 Å². The lowest BCUT2D eigenvalue weighted by molar-refractivity contribution is -0.129. The lowest BCUT2D eigenvalue weighted by Gasteiger charge is -2.32. The molecule has 1 aromatic heterocycles. The van der Waals surface area contributed by atoms with Crippen LogP contribution in [0.2, 0.25) is 0 Å². The van der Waals surface area contributed by atoms with Crippen LogP contribution in [0, 0.1) is 5.82 Å². The van der Waals surface area contributed by atoms with Crippen molar-refractivity contribution < 1.29 is 9.18 Å². The first-order valence-corrected chi connectivity index (χ1v) is 4.85. The summed E-state index contributed by atoms with van der Waals surface area (Å²) in [5.74, 6) is -0.536. The molecule has 1 aromatic rings. The molecule has 0 radical (unpaired) electrons. The molecular weight excluding hydrogens is 213 g/mol. The number of nitrogen functional groups attached to an aromatic ring is 1. The van der Waals surface area contributed by atoms with Crippen LogP contribution < -0.4 is 10.6 Å². The Hall–Kier alpha value is -1.92. The third-order valence-electron chi connectivity index (χ3n) is 2.50. The van der Waals surface area contributed by atoms with E-state index in [-0.39, 0.29) is 24.2 Å². The number of likely N-dealkylation sites (N-methyl/N-ethyl adjacent to an activating group) is 1. The van der Waals surface area contributed by atoms with Crippen molar-refractivity contribution in [3.05, 3.63) is 12.0 Å². The Morgan fingerprint density at radius 2 is 2.25 bits per heavy atom. The molecule has 1 saturated heterocycles. The number of nitrogens with two attached hydrogens (primary N) is 1. The van der Waals surface area contributed by atoms with E-state index in [0.29, 0.717) is 13.1 Å². The van der Waals surface area contributed by atoms with E-state index in [9.17, 15) is 9.18 Å². The van der Waals surface area contributed by atoms with Crippen LogP contribution >= 0.6 is 0 Å². The van der Waals surface area contributed by atoms with Crippen molar-refractivity contribution in [2.24, 2.45) is 0 Å². The van der Waals surface area contributed by atoms with Crippen LogP contribution in [0.25, 0.3) is 0 Å². The molecule has 0 atom stereocenters. The fourth-order valence-electron chi connectivity index (χ4n) is 1.53. The quantitative estimate of drug-likeness (QED) is 0.695. The van der Waals surface area contributed by atoms with Crippen molar-refractivity contribution in [1.82, 2.24) is 14.9 Å². The smallest absolute Gasteiger partial charge is 0.241 e. The maximum absolute atomic E-state index is 13.4. The molecule has 7 heteroatoms. The van der Waals surface area contributed by atoms with Gasteiger partial charge in [-0.3, -0.25) is 4.79 Å². The summed E-state index contributed by atoms with van der Waals surface area (Å²) in [5, 5.41) is 0. The zero-order valence-corrected chi connectivity index (χ0v) is 8.85. The largest absolute Gasteiger partial charge is 0.368 e. The predicted octanol–water partition coefficient (Wildman–Crippen LogP) is -0.524. The van der Waals surface area contributed by atoms with Gasteiger partial charge in [0.2, 0.25) is 11.9 Å². The predicted molar refractivity (Wildman–Crippen MR) is 56.3 cm³/mol. The minimum absolute atomic E-state index is 0.00257. The van der Waals surface area contributed by atoms with E-state index in [1.54, 1.807) is 16.8 Å². The summed E-state index contributed by atoms with van der Waals surface area (Å²) in [7, 11) is 1.71. The van der Waals surface area contributed by atoms with Crippen molar-refractivity contribution in [3.63, 3.8) is 0 Å². The highest BCUT2D eigenvalue weighted by molar-refractivity contribution is 5.82. The van der Waals surface area contributed by atoms with E-state index in [0.717, 1.165) is 6.20 Å². The van der Waals surface area contributed by atoms with Crippen LogP contribution in [0.15, 0.2) is 6.20 Å². The van der Waals surface area contributed by atoms with Crippen LogP contribution in [0.3, 0.4) is 0 Å². The van der Waals surface area contributed by atoms with E-state index >= 15 is 0 Å². The van der Waals surface area contributed by atoms with E-state index in [1.165, 1.54) is 0 Å². The Morgan fingerprint density at radius 1 is 1.50 bits per heavy atom. The fourth-order valence-corrected chi connectivity index (χ4v) is 1.53. The third kappa shape index (κ3) is 1.88. The molecule has 16 heavy (non-hydrogen) atoms. The monoisotopic (exact) mass is 225 g/mol. The molecule has 1 fully saturated rings. The average molecular weight is 225 g/mol. The zero-order chi connectivity index (χ0) is 11.7. The molecule has 2 N–H and O–H groups in total. The summed E-state index contributed by atoms with van der Waals surface area (Å²) in [6.07, 6.45) is 1.01. The molecule has 1 amide bonds. The fraction of sp³-hybridized carbons (Fsp3) is 0.444. The summed E-state index contributed by atoms with van der Waals surface area (Å²) in [4.78, 5) is 22.0. The SMILES string of the molecule is CN1CCN(c2nc(N)ncc2F)CC1=O. The van der Waals surface area contributed by atoms with Gasteiger partial charge in [-0.2, -0.15) is 4.98 Å². The number of aromatic nitrogens is 2. The van der Waals surface area contributed by atoms with E-state index < -0.39 is 5.82 Å². The topological polar surface area (TPSA) is 75.3 Å². The summed E-state index contributed by atoms with van der Waals surface area (Å²) in [6.45, 7) is 1.20. The normalized spacial score (nSPS) is 16.8. The average Bonchev–Trinajstić information content (AvgIpc) is 2.26. The van der Waals surface area contributed by atoms with Gasteiger partial charge < -0.3 is 15.5 Å². The van der Waals surface area contributed by atoms with Gasteiger partial charge in [0.25, 0.3) is 0 Å². The van der Waals surface area contributed by atoms with Gasteiger partial charge in [0.15, 0.2) is 11.6 Å². The van der Waals surface area contributed by atoms with Crippen LogP contribution in [0.4, 0.5) is 16.2 Å². The highest BCUT2D eigenvalue weighted by atomic mass is 19.1. The van der Waals surface area contributed by atoms with Gasteiger partial charge in [-0.1, -0.05) is 0 Å². The highest BCUT2D eigenvalue weighted by Gasteiger charge is 2.24.